The van der Waals surface area contributed by atoms with Crippen LogP contribution >= 0.6 is 0 Å². The van der Waals surface area contributed by atoms with Gasteiger partial charge in [-0.1, -0.05) is 85.6 Å². The number of carbonyl (C=O) groups is 3. The number of hydrogen-bond donors (Lipinski definition) is 4. The van der Waals surface area contributed by atoms with Gasteiger partial charge in [-0.2, -0.15) is 0 Å². The lowest BCUT2D eigenvalue weighted by atomic mass is 9.98. The highest BCUT2D eigenvalue weighted by atomic mass is 16.5. The molecule has 212 valence electrons. The molecule has 1 saturated carbocycles. The fourth-order valence-corrected chi connectivity index (χ4v) is 4.37. The number of alkyl carbamates (subject to hydrolysis) is 1. The van der Waals surface area contributed by atoms with Crippen molar-refractivity contribution in [1.29, 1.82) is 0 Å². The second-order valence-corrected chi connectivity index (χ2v) is 9.63. The molecule has 0 heterocycles. The summed E-state index contributed by atoms with van der Waals surface area (Å²) in [6.07, 6.45) is 3.37. The molecule has 3 aromatic carbocycles. The van der Waals surface area contributed by atoms with Gasteiger partial charge in [-0.15, -0.1) is 0 Å². The summed E-state index contributed by atoms with van der Waals surface area (Å²) in [5.74, 6) is -1.22. The van der Waals surface area contributed by atoms with Crippen LogP contribution in [-0.4, -0.2) is 40.3 Å². The van der Waals surface area contributed by atoms with Gasteiger partial charge in [0.25, 0.3) is 0 Å². The highest BCUT2D eigenvalue weighted by Crippen LogP contribution is 2.28. The summed E-state index contributed by atoms with van der Waals surface area (Å²) in [6, 6.07) is 24.8. The summed E-state index contributed by atoms with van der Waals surface area (Å²) in [7, 11) is 0. The van der Waals surface area contributed by atoms with E-state index in [0.29, 0.717) is 13.0 Å². The maximum Gasteiger partial charge on any atom is 0.408 e. The van der Waals surface area contributed by atoms with Crippen molar-refractivity contribution in [2.45, 2.75) is 57.4 Å². The summed E-state index contributed by atoms with van der Waals surface area (Å²) in [6.45, 7) is 0.651. The van der Waals surface area contributed by atoms with Crippen LogP contribution in [0.4, 0.5) is 4.79 Å². The van der Waals surface area contributed by atoms with E-state index in [0.717, 1.165) is 48.1 Å². The Morgan fingerprint density at radius 2 is 1.32 bits per heavy atom. The highest BCUT2D eigenvalue weighted by molar-refractivity contribution is 5.80. The highest BCUT2D eigenvalue weighted by Gasteiger charge is 2.32. The number of carboxylic acids is 2. The third-order valence-electron chi connectivity index (χ3n) is 6.57. The minimum atomic E-state index is -0.992. The Bertz CT molecular complexity index is 1200. The number of benzene rings is 3. The predicted molar refractivity (Wildman–Crippen MR) is 150 cm³/mol. The third-order valence-corrected chi connectivity index (χ3v) is 6.57. The van der Waals surface area contributed by atoms with Crippen LogP contribution in [0.15, 0.2) is 84.9 Å². The molecule has 2 atom stereocenters. The van der Waals surface area contributed by atoms with Crippen LogP contribution in [0.25, 0.3) is 0 Å². The minimum Gasteiger partial charge on any atom is -0.489 e. The van der Waals surface area contributed by atoms with Gasteiger partial charge < -0.3 is 30.7 Å². The maximum absolute atomic E-state index is 11.7. The molecule has 5 N–H and O–H groups in total. The van der Waals surface area contributed by atoms with Crippen molar-refractivity contribution >= 4 is 18.0 Å². The Balaban J connectivity index is 0.000000220. The first-order valence-electron chi connectivity index (χ1n) is 13.3. The SMILES string of the molecule is N[C@@H](Cc1ccc(OCc2ccccc2)cc1)C(=O)O.O=C(NC(C(=O)O)C1CCCC1)OCc1ccccc1. The lowest BCUT2D eigenvalue weighted by molar-refractivity contribution is -0.141. The average Bonchev–Trinajstić information content (AvgIpc) is 3.50. The van der Waals surface area contributed by atoms with Gasteiger partial charge in [-0.3, -0.25) is 4.79 Å². The van der Waals surface area contributed by atoms with E-state index in [1.807, 2.05) is 84.9 Å². The number of aliphatic carboxylic acids is 2. The zero-order chi connectivity index (χ0) is 28.7. The molecule has 0 bridgehead atoms. The summed E-state index contributed by atoms with van der Waals surface area (Å²) in [5.41, 5.74) is 8.34. The second kappa shape index (κ2) is 15.9. The van der Waals surface area contributed by atoms with E-state index in [-0.39, 0.29) is 12.5 Å². The fraction of sp³-hybridized carbons (Fsp3) is 0.323. The largest absolute Gasteiger partial charge is 0.489 e. The van der Waals surface area contributed by atoms with Crippen molar-refractivity contribution in [2.24, 2.45) is 11.7 Å². The number of hydrogen-bond acceptors (Lipinski definition) is 6. The molecular formula is C31H36N2O7. The van der Waals surface area contributed by atoms with Crippen LogP contribution in [0.3, 0.4) is 0 Å². The number of nitrogens with two attached hydrogens (primary N) is 1. The van der Waals surface area contributed by atoms with Crippen LogP contribution in [0.5, 0.6) is 5.75 Å². The molecule has 9 nitrogen and oxygen atoms in total. The lowest BCUT2D eigenvalue weighted by Gasteiger charge is -2.20. The van der Waals surface area contributed by atoms with E-state index in [9.17, 15) is 19.5 Å². The van der Waals surface area contributed by atoms with Crippen LogP contribution in [0.2, 0.25) is 0 Å². The number of ether oxygens (including phenoxy) is 2. The number of rotatable bonds is 11. The molecule has 0 aromatic heterocycles. The summed E-state index contributed by atoms with van der Waals surface area (Å²) >= 11 is 0. The Labute approximate surface area is 233 Å². The summed E-state index contributed by atoms with van der Waals surface area (Å²) in [5, 5.41) is 20.4. The van der Waals surface area contributed by atoms with E-state index in [1.165, 1.54) is 0 Å². The monoisotopic (exact) mass is 548 g/mol. The lowest BCUT2D eigenvalue weighted by Crippen LogP contribution is -2.45. The topological polar surface area (TPSA) is 148 Å². The van der Waals surface area contributed by atoms with Gasteiger partial charge in [0.1, 0.15) is 31.0 Å². The third kappa shape index (κ3) is 10.4. The second-order valence-electron chi connectivity index (χ2n) is 9.63. The number of carbonyl (C=O) groups excluding carboxylic acids is 1. The van der Waals surface area contributed by atoms with Gasteiger partial charge in [0.05, 0.1) is 0 Å². The molecule has 1 fully saturated rings. The molecule has 4 rings (SSSR count). The molecule has 0 saturated heterocycles. The van der Waals surface area contributed by atoms with Crippen LogP contribution in [0.1, 0.15) is 42.4 Å². The average molecular weight is 549 g/mol. The molecule has 40 heavy (non-hydrogen) atoms. The van der Waals surface area contributed by atoms with E-state index >= 15 is 0 Å². The van der Waals surface area contributed by atoms with E-state index < -0.39 is 30.1 Å². The van der Waals surface area contributed by atoms with Crippen LogP contribution < -0.4 is 15.8 Å². The van der Waals surface area contributed by atoms with Crippen molar-refractivity contribution in [3.05, 3.63) is 102 Å². The van der Waals surface area contributed by atoms with Crippen LogP contribution in [0, 0.1) is 5.92 Å². The zero-order valence-electron chi connectivity index (χ0n) is 22.3. The smallest absolute Gasteiger partial charge is 0.408 e. The molecule has 1 aliphatic rings. The number of nitrogens with one attached hydrogen (secondary N) is 1. The standard InChI is InChI=1S/C16H17NO3.C15H19NO4/c17-15(16(18)19)10-12-6-8-14(9-7-12)20-11-13-4-2-1-3-5-13;17-14(18)13(12-8-4-5-9-12)16-15(19)20-10-11-6-2-1-3-7-11/h1-9,15H,10-11,17H2,(H,18,19);1-3,6-7,12-13H,4-5,8-10H2,(H,16,19)(H,17,18)/t15-;/m0./s1. The van der Waals surface area contributed by atoms with Gasteiger partial charge in [0, 0.05) is 0 Å². The van der Waals surface area contributed by atoms with Crippen molar-refractivity contribution in [1.82, 2.24) is 5.32 Å². The molecule has 0 aliphatic heterocycles. The molecule has 0 spiro atoms. The Hall–Kier alpha value is -4.37. The van der Waals surface area contributed by atoms with E-state index in [1.54, 1.807) is 0 Å². The first-order chi connectivity index (χ1) is 19.3. The first-order valence-corrected chi connectivity index (χ1v) is 13.3. The van der Waals surface area contributed by atoms with Crippen molar-refractivity contribution < 1.29 is 34.1 Å². The Morgan fingerprint density at radius 3 is 1.85 bits per heavy atom. The van der Waals surface area contributed by atoms with Gasteiger partial charge in [-0.05, 0) is 54.0 Å². The fourth-order valence-electron chi connectivity index (χ4n) is 4.37. The quantitative estimate of drug-likeness (QED) is 0.268. The first kappa shape index (κ1) is 30.2. The van der Waals surface area contributed by atoms with Gasteiger partial charge in [-0.25, -0.2) is 9.59 Å². The molecule has 1 unspecified atom stereocenters. The van der Waals surface area contributed by atoms with Crippen molar-refractivity contribution in [3.8, 4) is 5.75 Å². The van der Waals surface area contributed by atoms with Crippen molar-refractivity contribution in [2.75, 3.05) is 0 Å². The summed E-state index contributed by atoms with van der Waals surface area (Å²) < 4.78 is 10.7. The Kier molecular flexibility index (Phi) is 12.0. The maximum atomic E-state index is 11.7. The predicted octanol–water partition coefficient (Wildman–Crippen LogP) is 4.78. The summed E-state index contributed by atoms with van der Waals surface area (Å²) in [4.78, 5) is 33.6. The van der Waals surface area contributed by atoms with Crippen LogP contribution in [-0.2, 0) is 34.0 Å². The normalized spacial score (nSPS) is 14.2. The minimum absolute atomic E-state index is 0.0109. The molecule has 0 radical (unpaired) electrons. The zero-order valence-corrected chi connectivity index (χ0v) is 22.3. The molecule has 9 heteroatoms. The van der Waals surface area contributed by atoms with Gasteiger partial charge >= 0.3 is 18.0 Å². The molecular weight excluding hydrogens is 512 g/mol. The molecule has 1 amide bonds. The Morgan fingerprint density at radius 1 is 0.775 bits per heavy atom. The van der Waals surface area contributed by atoms with Crippen molar-refractivity contribution in [3.63, 3.8) is 0 Å². The number of amides is 1. The van der Waals surface area contributed by atoms with Gasteiger partial charge in [0.2, 0.25) is 0 Å². The molecule has 1 aliphatic carbocycles. The number of carboxylic acid groups (broad SMARTS) is 2. The van der Waals surface area contributed by atoms with E-state index in [4.69, 9.17) is 20.3 Å². The molecule has 3 aromatic rings. The van der Waals surface area contributed by atoms with E-state index in [2.05, 4.69) is 5.32 Å². The van der Waals surface area contributed by atoms with Gasteiger partial charge in [0.15, 0.2) is 0 Å².